The fourth-order valence-electron chi connectivity index (χ4n) is 3.22. The summed E-state index contributed by atoms with van der Waals surface area (Å²) in [4.78, 5) is 17.1. The van der Waals surface area contributed by atoms with E-state index in [9.17, 15) is 4.79 Å². The SMILES string of the molecule is Cc1cc(-c2nn(C(=O)OC(C)(C)C)c3ccc(-c4cnn(C)c4)cc23)ccn1. The molecule has 0 unspecified atom stereocenters. The van der Waals surface area contributed by atoms with Crippen LogP contribution in [0.25, 0.3) is 33.3 Å². The fraction of sp³-hybridized carbons (Fsp3) is 0.273. The van der Waals surface area contributed by atoms with E-state index in [1.54, 1.807) is 10.9 Å². The molecule has 0 saturated heterocycles. The number of aromatic nitrogens is 5. The van der Waals surface area contributed by atoms with Gasteiger partial charge in [0.05, 0.1) is 11.7 Å². The lowest BCUT2D eigenvalue weighted by Gasteiger charge is -2.19. The summed E-state index contributed by atoms with van der Waals surface area (Å²) in [6.07, 6.45) is 5.01. The van der Waals surface area contributed by atoms with Crippen LogP contribution in [0.3, 0.4) is 0 Å². The van der Waals surface area contributed by atoms with Crippen LogP contribution in [0.4, 0.5) is 4.79 Å². The second kappa shape index (κ2) is 6.84. The van der Waals surface area contributed by atoms with Gasteiger partial charge in [0.1, 0.15) is 11.3 Å². The van der Waals surface area contributed by atoms with Crippen LogP contribution in [0.15, 0.2) is 48.9 Å². The third-order valence-corrected chi connectivity index (χ3v) is 4.45. The number of ether oxygens (including phenoxy) is 1. The number of pyridine rings is 1. The van der Waals surface area contributed by atoms with Crippen LogP contribution in [0, 0.1) is 6.92 Å². The quantitative estimate of drug-likeness (QED) is 0.501. The van der Waals surface area contributed by atoms with Gasteiger partial charge in [-0.2, -0.15) is 14.9 Å². The highest BCUT2D eigenvalue weighted by molar-refractivity contribution is 5.99. The summed E-state index contributed by atoms with van der Waals surface area (Å²) in [5.74, 6) is 0. The van der Waals surface area contributed by atoms with Crippen LogP contribution in [0.1, 0.15) is 26.5 Å². The van der Waals surface area contributed by atoms with Crippen LogP contribution >= 0.6 is 0 Å². The molecule has 0 radical (unpaired) electrons. The van der Waals surface area contributed by atoms with Gasteiger partial charge in [0, 0.05) is 41.6 Å². The highest BCUT2D eigenvalue weighted by atomic mass is 16.6. The van der Waals surface area contributed by atoms with E-state index < -0.39 is 11.7 Å². The molecule has 148 valence electrons. The second-order valence-electron chi connectivity index (χ2n) is 8.06. The van der Waals surface area contributed by atoms with Crippen LogP contribution in [0.2, 0.25) is 0 Å². The highest BCUT2D eigenvalue weighted by Gasteiger charge is 2.23. The van der Waals surface area contributed by atoms with Crippen molar-refractivity contribution in [2.45, 2.75) is 33.3 Å². The van der Waals surface area contributed by atoms with Gasteiger partial charge in [0.15, 0.2) is 0 Å². The number of aryl methyl sites for hydroxylation is 2. The van der Waals surface area contributed by atoms with Gasteiger partial charge in [-0.15, -0.1) is 0 Å². The predicted molar refractivity (Wildman–Crippen MR) is 112 cm³/mol. The number of fused-ring (bicyclic) bond motifs is 1. The van der Waals surface area contributed by atoms with Gasteiger partial charge >= 0.3 is 6.09 Å². The Bertz CT molecular complexity index is 1210. The molecule has 4 aromatic rings. The van der Waals surface area contributed by atoms with Crippen molar-refractivity contribution < 1.29 is 9.53 Å². The summed E-state index contributed by atoms with van der Waals surface area (Å²) >= 11 is 0. The Morgan fingerprint density at radius 3 is 2.52 bits per heavy atom. The Morgan fingerprint density at radius 1 is 1.07 bits per heavy atom. The van der Waals surface area contributed by atoms with E-state index in [0.29, 0.717) is 11.2 Å². The summed E-state index contributed by atoms with van der Waals surface area (Å²) in [6, 6.07) is 9.74. The van der Waals surface area contributed by atoms with E-state index in [1.807, 2.05) is 77.5 Å². The summed E-state index contributed by atoms with van der Waals surface area (Å²) < 4.78 is 8.65. The van der Waals surface area contributed by atoms with Crippen molar-refractivity contribution in [3.8, 4) is 22.4 Å². The van der Waals surface area contributed by atoms with E-state index in [1.165, 1.54) is 4.68 Å². The maximum Gasteiger partial charge on any atom is 0.435 e. The predicted octanol–water partition coefficient (Wildman–Crippen LogP) is 4.59. The topological polar surface area (TPSA) is 74.8 Å². The smallest absolute Gasteiger partial charge is 0.435 e. The molecule has 7 nitrogen and oxygen atoms in total. The Labute approximate surface area is 168 Å². The standard InChI is InChI=1S/C22H23N5O2/c1-14-10-16(8-9-23-14)20-18-11-15(17-12-24-26(5)13-17)6-7-19(18)27(25-20)21(28)29-22(2,3)4/h6-13H,1-5H3. The molecule has 7 heteroatoms. The average Bonchev–Trinajstić information content (AvgIpc) is 3.23. The summed E-state index contributed by atoms with van der Waals surface area (Å²) in [5, 5.41) is 9.73. The van der Waals surface area contributed by atoms with Crippen LogP contribution in [-0.2, 0) is 11.8 Å². The molecule has 0 aliphatic heterocycles. The van der Waals surface area contributed by atoms with Gasteiger partial charge in [-0.1, -0.05) is 6.07 Å². The van der Waals surface area contributed by atoms with Crippen molar-refractivity contribution >= 4 is 17.0 Å². The molecule has 0 aliphatic carbocycles. The first kappa shape index (κ1) is 18.9. The zero-order valence-electron chi connectivity index (χ0n) is 17.2. The van der Waals surface area contributed by atoms with Crippen molar-refractivity contribution in [2.24, 2.45) is 7.05 Å². The summed E-state index contributed by atoms with van der Waals surface area (Å²) in [7, 11) is 1.88. The van der Waals surface area contributed by atoms with E-state index >= 15 is 0 Å². The van der Waals surface area contributed by atoms with E-state index in [0.717, 1.165) is 27.8 Å². The first-order valence-electron chi connectivity index (χ1n) is 9.39. The van der Waals surface area contributed by atoms with Gasteiger partial charge in [-0.05, 0) is 57.5 Å². The van der Waals surface area contributed by atoms with E-state index in [2.05, 4.69) is 15.2 Å². The second-order valence-corrected chi connectivity index (χ2v) is 8.06. The number of nitrogens with zero attached hydrogens (tertiary/aromatic N) is 5. The first-order chi connectivity index (χ1) is 13.7. The lowest BCUT2D eigenvalue weighted by molar-refractivity contribution is 0.0523. The van der Waals surface area contributed by atoms with Crippen molar-refractivity contribution in [3.63, 3.8) is 0 Å². The molecule has 29 heavy (non-hydrogen) atoms. The summed E-state index contributed by atoms with van der Waals surface area (Å²) in [5.41, 5.74) is 4.56. The number of carbonyl (C=O) groups excluding carboxylic acids is 1. The normalized spacial score (nSPS) is 11.8. The maximum absolute atomic E-state index is 12.8. The van der Waals surface area contributed by atoms with Crippen molar-refractivity contribution in [2.75, 3.05) is 0 Å². The average molecular weight is 389 g/mol. The fourth-order valence-corrected chi connectivity index (χ4v) is 3.22. The molecule has 0 atom stereocenters. The molecule has 1 aromatic carbocycles. The van der Waals surface area contributed by atoms with Gasteiger partial charge in [-0.25, -0.2) is 4.79 Å². The van der Waals surface area contributed by atoms with Gasteiger partial charge in [0.25, 0.3) is 0 Å². The highest BCUT2D eigenvalue weighted by Crippen LogP contribution is 2.32. The molecule has 0 fully saturated rings. The van der Waals surface area contributed by atoms with Crippen molar-refractivity contribution in [3.05, 3.63) is 54.6 Å². The number of hydrogen-bond acceptors (Lipinski definition) is 5. The molecule has 0 saturated carbocycles. The van der Waals surface area contributed by atoms with Crippen LogP contribution in [0.5, 0.6) is 0 Å². The molecular formula is C22H23N5O2. The molecule has 4 rings (SSSR count). The minimum atomic E-state index is -0.613. The maximum atomic E-state index is 12.8. The zero-order valence-corrected chi connectivity index (χ0v) is 17.2. The molecule has 3 heterocycles. The van der Waals surface area contributed by atoms with Gasteiger partial charge in [-0.3, -0.25) is 9.67 Å². The number of rotatable bonds is 2. The van der Waals surface area contributed by atoms with Gasteiger partial charge in [0.2, 0.25) is 0 Å². The third-order valence-electron chi connectivity index (χ3n) is 4.45. The monoisotopic (exact) mass is 389 g/mol. The number of carbonyl (C=O) groups is 1. The molecule has 0 amide bonds. The minimum Gasteiger partial charge on any atom is -0.442 e. The summed E-state index contributed by atoms with van der Waals surface area (Å²) in [6.45, 7) is 7.44. The largest absolute Gasteiger partial charge is 0.442 e. The molecular weight excluding hydrogens is 366 g/mol. The molecule has 0 spiro atoms. The van der Waals surface area contributed by atoms with Crippen LogP contribution < -0.4 is 0 Å². The van der Waals surface area contributed by atoms with E-state index in [4.69, 9.17) is 4.74 Å². The first-order valence-corrected chi connectivity index (χ1v) is 9.39. The number of benzene rings is 1. The Kier molecular flexibility index (Phi) is 4.45. The van der Waals surface area contributed by atoms with Crippen molar-refractivity contribution in [1.29, 1.82) is 0 Å². The molecule has 0 bridgehead atoms. The number of hydrogen-bond donors (Lipinski definition) is 0. The Hall–Kier alpha value is -3.48. The minimum absolute atomic E-state index is 0.506. The lowest BCUT2D eigenvalue weighted by Crippen LogP contribution is -2.27. The van der Waals surface area contributed by atoms with Crippen LogP contribution in [-0.4, -0.2) is 36.2 Å². The Morgan fingerprint density at radius 2 is 1.86 bits per heavy atom. The Balaban J connectivity index is 1.92. The van der Waals surface area contributed by atoms with E-state index in [-0.39, 0.29) is 0 Å². The van der Waals surface area contributed by atoms with Crippen molar-refractivity contribution in [1.82, 2.24) is 24.5 Å². The lowest BCUT2D eigenvalue weighted by atomic mass is 10.0. The van der Waals surface area contributed by atoms with Gasteiger partial charge < -0.3 is 4.74 Å². The third kappa shape index (κ3) is 3.76. The molecule has 0 N–H and O–H groups in total. The molecule has 3 aromatic heterocycles. The molecule has 0 aliphatic rings. The zero-order chi connectivity index (χ0) is 20.8.